The normalized spacial score (nSPS) is 24.5. The molecular formula is C27H40N3O10P. The summed E-state index contributed by atoms with van der Waals surface area (Å²) in [6.07, 6.45) is -0.958. The third kappa shape index (κ3) is 8.15. The summed E-state index contributed by atoms with van der Waals surface area (Å²) in [5.74, 6) is -0.108. The highest BCUT2D eigenvalue weighted by Crippen LogP contribution is 2.49. The van der Waals surface area contributed by atoms with Crippen LogP contribution in [0.5, 0.6) is 17.6 Å². The number of aliphatic hydroxyl groups excluding tert-OH is 2. The zero-order valence-corrected chi connectivity index (χ0v) is 25.1. The van der Waals surface area contributed by atoms with E-state index in [9.17, 15) is 19.6 Å². The first kappa shape index (κ1) is 32.7. The van der Waals surface area contributed by atoms with Crippen molar-refractivity contribution in [1.29, 1.82) is 0 Å². The van der Waals surface area contributed by atoms with Gasteiger partial charge in [0.2, 0.25) is 5.88 Å². The lowest BCUT2D eigenvalue weighted by atomic mass is 9.96. The predicted molar refractivity (Wildman–Crippen MR) is 148 cm³/mol. The van der Waals surface area contributed by atoms with Crippen LogP contribution in [0.25, 0.3) is 0 Å². The summed E-state index contributed by atoms with van der Waals surface area (Å²) < 4.78 is 47.1. The van der Waals surface area contributed by atoms with Crippen LogP contribution in [0, 0.1) is 5.92 Å². The minimum atomic E-state index is -4.26. The van der Waals surface area contributed by atoms with Gasteiger partial charge in [-0.05, 0) is 31.9 Å². The van der Waals surface area contributed by atoms with Crippen molar-refractivity contribution in [2.75, 3.05) is 27.4 Å². The fourth-order valence-corrected chi connectivity index (χ4v) is 5.79. The molecule has 0 spiro atoms. The second-order valence-corrected chi connectivity index (χ2v) is 11.6. The van der Waals surface area contributed by atoms with E-state index >= 15 is 0 Å². The molecule has 228 valence electrons. The van der Waals surface area contributed by atoms with Gasteiger partial charge in [-0.3, -0.25) is 9.32 Å². The van der Waals surface area contributed by atoms with Crippen molar-refractivity contribution in [3.63, 3.8) is 0 Å². The van der Waals surface area contributed by atoms with Gasteiger partial charge in [0.15, 0.2) is 0 Å². The van der Waals surface area contributed by atoms with Crippen LogP contribution in [0.3, 0.4) is 0 Å². The van der Waals surface area contributed by atoms with E-state index in [1.54, 1.807) is 30.3 Å². The van der Waals surface area contributed by atoms with E-state index < -0.39 is 50.3 Å². The maximum atomic E-state index is 13.9. The Morgan fingerprint density at radius 1 is 1.17 bits per heavy atom. The Hall–Kier alpha value is -2.80. The fraction of sp³-hybridized carbons (Fsp3) is 0.593. The molecule has 3 rings (SSSR count). The van der Waals surface area contributed by atoms with Crippen molar-refractivity contribution in [1.82, 2.24) is 15.1 Å². The van der Waals surface area contributed by atoms with Gasteiger partial charge in [-0.25, -0.2) is 9.55 Å². The Morgan fingerprint density at radius 3 is 2.46 bits per heavy atom. The SMILES string of the molecule is CCC(CC)COC(=O)[C@H](C)NP(=O)(OCC1(C)OC(c2cnc(OC)nc2OC)[C@H](O)[C@@H]1O)Oc1ccccc1. The molecule has 41 heavy (non-hydrogen) atoms. The van der Waals surface area contributed by atoms with E-state index in [0.717, 1.165) is 12.8 Å². The molecule has 1 aromatic carbocycles. The first-order valence-corrected chi connectivity index (χ1v) is 15.0. The molecule has 0 bridgehead atoms. The number of aromatic nitrogens is 2. The number of ether oxygens (including phenoxy) is 4. The second kappa shape index (κ2) is 14.4. The Bertz CT molecular complexity index is 1190. The van der Waals surface area contributed by atoms with Crippen LogP contribution in [-0.4, -0.2) is 77.4 Å². The Morgan fingerprint density at radius 2 is 1.85 bits per heavy atom. The predicted octanol–water partition coefficient (Wildman–Crippen LogP) is 3.21. The van der Waals surface area contributed by atoms with Crippen LogP contribution in [-0.2, 0) is 23.4 Å². The zero-order valence-electron chi connectivity index (χ0n) is 24.2. The number of nitrogens with one attached hydrogen (secondary N) is 1. The van der Waals surface area contributed by atoms with Gasteiger partial charge in [-0.2, -0.15) is 10.1 Å². The summed E-state index contributed by atoms with van der Waals surface area (Å²) in [4.78, 5) is 20.8. The maximum absolute atomic E-state index is 13.9. The van der Waals surface area contributed by atoms with E-state index in [1.165, 1.54) is 34.3 Å². The third-order valence-electron chi connectivity index (χ3n) is 6.91. The number of benzene rings is 1. The summed E-state index contributed by atoms with van der Waals surface area (Å²) in [7, 11) is -1.49. The smallest absolute Gasteiger partial charge is 0.459 e. The van der Waals surface area contributed by atoms with Crippen LogP contribution in [0.1, 0.15) is 52.2 Å². The molecule has 1 saturated heterocycles. The summed E-state index contributed by atoms with van der Waals surface area (Å²) in [6.45, 7) is 6.74. The molecule has 1 aromatic heterocycles. The number of hydrogen-bond acceptors (Lipinski definition) is 12. The average Bonchev–Trinajstić information content (AvgIpc) is 3.20. The first-order valence-electron chi connectivity index (χ1n) is 13.4. The van der Waals surface area contributed by atoms with Crippen molar-refractivity contribution in [3.05, 3.63) is 42.1 Å². The zero-order chi connectivity index (χ0) is 30.2. The molecule has 3 N–H and O–H groups in total. The highest BCUT2D eigenvalue weighted by molar-refractivity contribution is 7.52. The van der Waals surface area contributed by atoms with Crippen molar-refractivity contribution >= 4 is 13.7 Å². The van der Waals surface area contributed by atoms with Crippen molar-refractivity contribution in [2.45, 2.75) is 70.5 Å². The standard InChI is InChI=1S/C27H40N3O10P/c1-7-18(8-2)15-37-25(33)17(3)30-41(34,40-19-12-10-9-11-13-19)38-16-27(4)23(32)21(31)22(39-27)20-14-28-26(36-6)29-24(20)35-5/h9-14,17-18,21-23,31-32H,7-8,15-16H2,1-6H3,(H,30,34)/t17-,21-,22?,23-,27?,41?/m0/s1. The minimum Gasteiger partial charge on any atom is -0.481 e. The molecule has 14 heteroatoms. The number of esters is 1. The number of methoxy groups -OCH3 is 2. The fourth-order valence-electron chi connectivity index (χ4n) is 4.20. The molecule has 1 fully saturated rings. The van der Waals surface area contributed by atoms with Crippen LogP contribution < -0.4 is 19.1 Å². The summed E-state index contributed by atoms with van der Waals surface area (Å²) >= 11 is 0. The van der Waals surface area contributed by atoms with Crippen molar-refractivity contribution in [2.24, 2.45) is 5.92 Å². The summed E-state index contributed by atoms with van der Waals surface area (Å²) in [5.41, 5.74) is -1.30. The molecule has 0 aliphatic carbocycles. The van der Waals surface area contributed by atoms with Gasteiger partial charge in [-0.1, -0.05) is 44.9 Å². The van der Waals surface area contributed by atoms with Crippen molar-refractivity contribution < 1.29 is 47.6 Å². The molecule has 2 heterocycles. The number of nitrogens with zero attached hydrogens (tertiary/aromatic N) is 2. The highest BCUT2D eigenvalue weighted by Gasteiger charge is 2.54. The number of aliphatic hydroxyl groups is 2. The van der Waals surface area contributed by atoms with Gasteiger partial charge in [0.1, 0.15) is 35.7 Å². The van der Waals surface area contributed by atoms with Gasteiger partial charge in [-0.15, -0.1) is 0 Å². The average molecular weight is 598 g/mol. The van der Waals surface area contributed by atoms with Crippen LogP contribution in [0.2, 0.25) is 0 Å². The molecule has 0 saturated carbocycles. The Kier molecular flexibility index (Phi) is 11.5. The number of rotatable bonds is 15. The lowest BCUT2D eigenvalue weighted by Gasteiger charge is -2.30. The van der Waals surface area contributed by atoms with E-state index in [2.05, 4.69) is 15.1 Å². The van der Waals surface area contributed by atoms with Gasteiger partial charge in [0, 0.05) is 6.20 Å². The van der Waals surface area contributed by atoms with Crippen LogP contribution in [0.4, 0.5) is 0 Å². The third-order valence-corrected chi connectivity index (χ3v) is 8.53. The van der Waals surface area contributed by atoms with E-state index in [0.29, 0.717) is 0 Å². The molecule has 0 radical (unpaired) electrons. The van der Waals surface area contributed by atoms with E-state index in [4.69, 9.17) is 28.0 Å². The monoisotopic (exact) mass is 597 g/mol. The molecule has 2 aromatic rings. The lowest BCUT2D eigenvalue weighted by Crippen LogP contribution is -2.45. The Balaban J connectivity index is 1.78. The number of carbonyl (C=O) groups is 1. The topological polar surface area (TPSA) is 168 Å². The summed E-state index contributed by atoms with van der Waals surface area (Å²) in [6, 6.07) is 7.26. The second-order valence-electron chi connectivity index (χ2n) is 9.95. The van der Waals surface area contributed by atoms with Crippen molar-refractivity contribution in [3.8, 4) is 17.6 Å². The first-order chi connectivity index (χ1) is 19.5. The Labute approximate surface area is 240 Å². The molecule has 3 unspecified atom stereocenters. The maximum Gasteiger partial charge on any atom is 0.459 e. The van der Waals surface area contributed by atoms with Gasteiger partial charge in [0.25, 0.3) is 0 Å². The molecule has 0 amide bonds. The molecule has 1 aliphatic rings. The van der Waals surface area contributed by atoms with E-state index in [1.807, 2.05) is 13.8 Å². The van der Waals surface area contributed by atoms with Gasteiger partial charge in [0.05, 0.1) is 33.0 Å². The molecule has 1 aliphatic heterocycles. The lowest BCUT2D eigenvalue weighted by molar-refractivity contribution is -0.146. The molecular weight excluding hydrogens is 557 g/mol. The number of hydrogen-bond donors (Lipinski definition) is 3. The largest absolute Gasteiger partial charge is 0.481 e. The number of para-hydroxylation sites is 1. The highest BCUT2D eigenvalue weighted by atomic mass is 31.2. The minimum absolute atomic E-state index is 0.0439. The summed E-state index contributed by atoms with van der Waals surface area (Å²) in [5, 5.41) is 24.4. The molecule has 13 nitrogen and oxygen atoms in total. The van der Waals surface area contributed by atoms with Crippen LogP contribution >= 0.6 is 7.75 Å². The van der Waals surface area contributed by atoms with Gasteiger partial charge >= 0.3 is 19.7 Å². The van der Waals surface area contributed by atoms with Gasteiger partial charge < -0.3 is 33.7 Å². The molecule has 6 atom stereocenters. The van der Waals surface area contributed by atoms with E-state index in [-0.39, 0.29) is 35.7 Å². The quantitative estimate of drug-likeness (QED) is 0.202. The number of carbonyl (C=O) groups excluding carboxylic acids is 1. The van der Waals surface area contributed by atoms with Crippen LogP contribution in [0.15, 0.2) is 36.5 Å².